The van der Waals surface area contributed by atoms with Gasteiger partial charge in [0.05, 0.1) is 26.2 Å². The van der Waals surface area contributed by atoms with Crippen LogP contribution >= 0.6 is 0 Å². The highest BCUT2D eigenvalue weighted by atomic mass is 16.3. The average molecular weight is 553 g/mol. The van der Waals surface area contributed by atoms with Gasteiger partial charge in [0.2, 0.25) is 0 Å². The molecule has 236 valence electrons. The molecule has 0 aliphatic carbocycles. The van der Waals surface area contributed by atoms with Crippen molar-refractivity contribution in [1.29, 1.82) is 0 Å². The molecule has 0 amide bonds. The van der Waals surface area contributed by atoms with Crippen molar-refractivity contribution in [3.05, 3.63) is 0 Å². The van der Waals surface area contributed by atoms with Gasteiger partial charge in [-0.05, 0) is 39.5 Å². The summed E-state index contributed by atoms with van der Waals surface area (Å²) < 4.78 is 1.15. The SMILES string of the molecule is CCCCCCCCCCCCCCCC[N+](CC)(CCCCCCCCCCCCCCCC)C(C)CO. The predicted octanol–water partition coefficient (Wildman–Crippen LogP) is 12.2. The molecule has 0 spiro atoms. The summed E-state index contributed by atoms with van der Waals surface area (Å²) in [5.41, 5.74) is 0. The smallest absolute Gasteiger partial charge is 0.110 e. The highest BCUT2D eigenvalue weighted by Gasteiger charge is 2.30. The molecule has 0 heterocycles. The van der Waals surface area contributed by atoms with Gasteiger partial charge in [0.25, 0.3) is 0 Å². The van der Waals surface area contributed by atoms with E-state index >= 15 is 0 Å². The van der Waals surface area contributed by atoms with Gasteiger partial charge in [-0.1, -0.05) is 168 Å². The van der Waals surface area contributed by atoms with Crippen molar-refractivity contribution < 1.29 is 9.59 Å². The van der Waals surface area contributed by atoms with E-state index in [2.05, 4.69) is 27.7 Å². The molecule has 0 saturated heterocycles. The van der Waals surface area contributed by atoms with Crippen LogP contribution in [0.25, 0.3) is 0 Å². The summed E-state index contributed by atoms with van der Waals surface area (Å²) in [7, 11) is 0. The fraction of sp³-hybridized carbons (Fsp3) is 1.00. The minimum absolute atomic E-state index is 0.338. The second kappa shape index (κ2) is 30.9. The third-order valence-corrected chi connectivity index (χ3v) is 9.74. The number of nitrogens with zero attached hydrogens (tertiary/aromatic N) is 1. The lowest BCUT2D eigenvalue weighted by atomic mass is 10.0. The third-order valence-electron chi connectivity index (χ3n) is 9.74. The monoisotopic (exact) mass is 553 g/mol. The summed E-state index contributed by atoms with van der Waals surface area (Å²) in [6.07, 6.45) is 40.0. The standard InChI is InChI=1S/C37H78NO/c1-5-8-10-12-14-16-18-20-22-24-26-28-30-32-34-38(7-3,37(4)36-39)35-33-31-29-27-25-23-21-19-17-15-13-11-9-6-2/h37,39H,5-36H2,1-4H3/q+1. The molecular formula is C37H78NO+. The zero-order valence-electron chi connectivity index (χ0n) is 28.1. The van der Waals surface area contributed by atoms with Gasteiger partial charge in [0.1, 0.15) is 6.04 Å². The fourth-order valence-corrected chi connectivity index (χ4v) is 6.60. The lowest BCUT2D eigenvalue weighted by Crippen LogP contribution is -2.56. The minimum atomic E-state index is 0.338. The van der Waals surface area contributed by atoms with Gasteiger partial charge in [-0.25, -0.2) is 0 Å². The van der Waals surface area contributed by atoms with Crippen molar-refractivity contribution in [2.75, 3.05) is 26.2 Å². The Morgan fingerprint density at radius 2 is 0.615 bits per heavy atom. The van der Waals surface area contributed by atoms with Crippen LogP contribution in [0.1, 0.15) is 207 Å². The maximum atomic E-state index is 10.0. The van der Waals surface area contributed by atoms with E-state index in [0.717, 1.165) is 4.48 Å². The molecule has 1 N–H and O–H groups in total. The van der Waals surface area contributed by atoms with Crippen LogP contribution in [0.2, 0.25) is 0 Å². The molecule has 0 bridgehead atoms. The molecule has 0 fully saturated rings. The zero-order valence-corrected chi connectivity index (χ0v) is 28.1. The Kier molecular flexibility index (Phi) is 30.8. The Bertz CT molecular complexity index is 419. The number of rotatable bonds is 33. The largest absolute Gasteiger partial charge is 0.390 e. The van der Waals surface area contributed by atoms with E-state index < -0.39 is 0 Å². The van der Waals surface area contributed by atoms with Crippen LogP contribution < -0.4 is 0 Å². The van der Waals surface area contributed by atoms with Gasteiger partial charge in [0.15, 0.2) is 0 Å². The van der Waals surface area contributed by atoms with Gasteiger partial charge in [0, 0.05) is 0 Å². The summed E-state index contributed by atoms with van der Waals surface area (Å²) in [5.74, 6) is 0. The van der Waals surface area contributed by atoms with E-state index in [1.54, 1.807) is 0 Å². The van der Waals surface area contributed by atoms with E-state index in [0.29, 0.717) is 12.6 Å². The fourth-order valence-electron chi connectivity index (χ4n) is 6.60. The van der Waals surface area contributed by atoms with Crippen molar-refractivity contribution in [2.45, 2.75) is 214 Å². The number of aliphatic hydroxyl groups excluding tert-OH is 1. The Balaban J connectivity index is 3.80. The van der Waals surface area contributed by atoms with Crippen LogP contribution in [0.4, 0.5) is 0 Å². The number of aliphatic hydroxyl groups is 1. The summed E-state index contributed by atoms with van der Waals surface area (Å²) in [5, 5.41) is 10.0. The first-order chi connectivity index (χ1) is 19.2. The quantitative estimate of drug-likeness (QED) is 0.0634. The van der Waals surface area contributed by atoms with Gasteiger partial charge < -0.3 is 9.59 Å². The van der Waals surface area contributed by atoms with Crippen molar-refractivity contribution in [2.24, 2.45) is 0 Å². The van der Waals surface area contributed by atoms with Crippen LogP contribution in [-0.2, 0) is 0 Å². The first-order valence-corrected chi connectivity index (χ1v) is 18.6. The molecule has 1 unspecified atom stereocenters. The number of quaternary nitrogens is 1. The molecule has 0 aromatic rings. The second-order valence-electron chi connectivity index (χ2n) is 13.2. The molecule has 0 radical (unpaired) electrons. The summed E-state index contributed by atoms with van der Waals surface area (Å²) in [6.45, 7) is 13.3. The molecule has 0 aromatic carbocycles. The van der Waals surface area contributed by atoms with E-state index in [4.69, 9.17) is 0 Å². The Labute approximate surface area is 249 Å². The van der Waals surface area contributed by atoms with Crippen LogP contribution in [0.15, 0.2) is 0 Å². The van der Waals surface area contributed by atoms with Crippen molar-refractivity contribution in [3.8, 4) is 0 Å². The number of hydrogen-bond acceptors (Lipinski definition) is 1. The molecule has 2 nitrogen and oxygen atoms in total. The summed E-state index contributed by atoms with van der Waals surface area (Å²) in [4.78, 5) is 0. The molecule has 0 aliphatic rings. The number of likely N-dealkylation sites (N-methyl/N-ethyl adjacent to an activating group) is 1. The molecular weight excluding hydrogens is 474 g/mol. The van der Waals surface area contributed by atoms with Gasteiger partial charge in [-0.3, -0.25) is 0 Å². The van der Waals surface area contributed by atoms with Gasteiger partial charge in [-0.15, -0.1) is 0 Å². The van der Waals surface area contributed by atoms with Gasteiger partial charge >= 0.3 is 0 Å². The molecule has 39 heavy (non-hydrogen) atoms. The van der Waals surface area contributed by atoms with Crippen LogP contribution in [0.3, 0.4) is 0 Å². The van der Waals surface area contributed by atoms with E-state index in [-0.39, 0.29) is 0 Å². The topological polar surface area (TPSA) is 20.2 Å². The van der Waals surface area contributed by atoms with Crippen LogP contribution in [0, 0.1) is 0 Å². The minimum Gasteiger partial charge on any atom is -0.390 e. The number of unbranched alkanes of at least 4 members (excludes halogenated alkanes) is 26. The maximum Gasteiger partial charge on any atom is 0.110 e. The maximum absolute atomic E-state index is 10.0. The molecule has 0 rings (SSSR count). The zero-order chi connectivity index (χ0) is 28.7. The molecule has 1 atom stereocenters. The van der Waals surface area contributed by atoms with Crippen LogP contribution in [0.5, 0.6) is 0 Å². The van der Waals surface area contributed by atoms with Crippen molar-refractivity contribution in [1.82, 2.24) is 0 Å². The molecule has 2 heteroatoms. The average Bonchev–Trinajstić information content (AvgIpc) is 2.96. The van der Waals surface area contributed by atoms with E-state index in [1.807, 2.05) is 0 Å². The summed E-state index contributed by atoms with van der Waals surface area (Å²) >= 11 is 0. The van der Waals surface area contributed by atoms with Gasteiger partial charge in [-0.2, -0.15) is 0 Å². The molecule has 0 aromatic heterocycles. The molecule has 0 saturated carbocycles. The lowest BCUT2D eigenvalue weighted by Gasteiger charge is -2.43. The van der Waals surface area contributed by atoms with Crippen molar-refractivity contribution in [3.63, 3.8) is 0 Å². The number of hydrogen-bond donors (Lipinski definition) is 1. The van der Waals surface area contributed by atoms with Crippen LogP contribution in [-0.4, -0.2) is 41.9 Å². The Morgan fingerprint density at radius 3 is 0.821 bits per heavy atom. The molecule has 0 aliphatic heterocycles. The predicted molar refractivity (Wildman–Crippen MR) is 178 cm³/mol. The van der Waals surface area contributed by atoms with E-state index in [1.165, 1.54) is 199 Å². The third kappa shape index (κ3) is 24.2. The Hall–Kier alpha value is -0.0800. The highest BCUT2D eigenvalue weighted by Crippen LogP contribution is 2.20. The normalized spacial score (nSPS) is 12.8. The van der Waals surface area contributed by atoms with E-state index in [9.17, 15) is 5.11 Å². The lowest BCUT2D eigenvalue weighted by molar-refractivity contribution is -0.948. The second-order valence-corrected chi connectivity index (χ2v) is 13.2. The first-order valence-electron chi connectivity index (χ1n) is 18.6. The first kappa shape index (κ1) is 38.9. The Morgan fingerprint density at radius 1 is 0.385 bits per heavy atom. The highest BCUT2D eigenvalue weighted by molar-refractivity contribution is 4.57. The summed E-state index contributed by atoms with van der Waals surface area (Å²) in [6, 6.07) is 0.388. The van der Waals surface area contributed by atoms with Crippen molar-refractivity contribution >= 4 is 0 Å².